The van der Waals surface area contributed by atoms with Crippen LogP contribution in [0.3, 0.4) is 0 Å². The Labute approximate surface area is 143 Å². The van der Waals surface area contributed by atoms with E-state index in [0.717, 1.165) is 11.3 Å². The van der Waals surface area contributed by atoms with Crippen LogP contribution in [0, 0.1) is 5.92 Å². The second-order valence-corrected chi connectivity index (χ2v) is 8.61. The van der Waals surface area contributed by atoms with E-state index in [9.17, 15) is 18.3 Å². The van der Waals surface area contributed by atoms with Gasteiger partial charge in [0.2, 0.25) is 5.91 Å². The highest BCUT2D eigenvalue weighted by Crippen LogP contribution is 2.38. The van der Waals surface area contributed by atoms with Crippen LogP contribution < -0.4 is 10.5 Å². The minimum absolute atomic E-state index is 0.0251. The third-order valence-corrected chi connectivity index (χ3v) is 6.92. The number of nitrogens with one attached hydrogen (secondary N) is 1. The molecular formula is C15H17N3O4S2. The van der Waals surface area contributed by atoms with Crippen LogP contribution in [0.1, 0.15) is 34.9 Å². The molecule has 2 heterocycles. The normalized spacial score (nSPS) is 21.9. The van der Waals surface area contributed by atoms with E-state index in [-0.39, 0.29) is 15.7 Å². The molecular weight excluding hydrogens is 350 g/mol. The van der Waals surface area contributed by atoms with Gasteiger partial charge in [0.25, 0.3) is 10.0 Å². The fourth-order valence-corrected chi connectivity index (χ4v) is 5.14. The summed E-state index contributed by atoms with van der Waals surface area (Å²) in [5.74, 6) is -0.698. The molecule has 2 aromatic rings. The quantitative estimate of drug-likeness (QED) is 0.704. The van der Waals surface area contributed by atoms with Gasteiger partial charge >= 0.3 is 0 Å². The second-order valence-electron chi connectivity index (χ2n) is 5.76. The second kappa shape index (κ2) is 6.60. The SMILES string of the molecule is NC(=O)c1csc(S(=O)(=O)N[C@H](c2ccccn2)C2CC(O)C2)c1. The van der Waals surface area contributed by atoms with Crippen molar-refractivity contribution >= 4 is 27.3 Å². The lowest BCUT2D eigenvalue weighted by Crippen LogP contribution is -2.41. The summed E-state index contributed by atoms with van der Waals surface area (Å²) in [4.78, 5) is 15.4. The van der Waals surface area contributed by atoms with E-state index in [0.29, 0.717) is 18.5 Å². The summed E-state index contributed by atoms with van der Waals surface area (Å²) in [5.41, 5.74) is 5.93. The van der Waals surface area contributed by atoms with Crippen molar-refractivity contribution in [2.24, 2.45) is 11.7 Å². The van der Waals surface area contributed by atoms with Gasteiger partial charge < -0.3 is 10.8 Å². The Bertz CT molecular complexity index is 829. The maximum atomic E-state index is 12.6. The first kappa shape index (κ1) is 17.0. The van der Waals surface area contributed by atoms with Gasteiger partial charge in [-0.3, -0.25) is 9.78 Å². The smallest absolute Gasteiger partial charge is 0.250 e. The molecule has 0 aliphatic heterocycles. The predicted octanol–water partition coefficient (Wildman–Crippen LogP) is 1.03. The van der Waals surface area contributed by atoms with Gasteiger partial charge in [-0.05, 0) is 37.0 Å². The zero-order valence-corrected chi connectivity index (χ0v) is 14.3. The van der Waals surface area contributed by atoms with Gasteiger partial charge in [0, 0.05) is 11.6 Å². The molecule has 0 unspecified atom stereocenters. The molecule has 24 heavy (non-hydrogen) atoms. The van der Waals surface area contributed by atoms with Gasteiger partial charge in [-0.15, -0.1) is 11.3 Å². The Balaban J connectivity index is 1.87. The van der Waals surface area contributed by atoms with E-state index < -0.39 is 28.1 Å². The number of hydrogen-bond donors (Lipinski definition) is 3. The van der Waals surface area contributed by atoms with Crippen molar-refractivity contribution in [2.75, 3.05) is 0 Å². The topological polar surface area (TPSA) is 122 Å². The molecule has 9 heteroatoms. The van der Waals surface area contributed by atoms with Crippen molar-refractivity contribution in [3.63, 3.8) is 0 Å². The molecule has 0 aromatic carbocycles. The number of aliphatic hydroxyl groups excluding tert-OH is 1. The predicted molar refractivity (Wildman–Crippen MR) is 88.9 cm³/mol. The van der Waals surface area contributed by atoms with Crippen molar-refractivity contribution < 1.29 is 18.3 Å². The molecule has 0 radical (unpaired) electrons. The summed E-state index contributed by atoms with van der Waals surface area (Å²) >= 11 is 0.939. The Morgan fingerprint density at radius 3 is 2.71 bits per heavy atom. The number of amides is 1. The van der Waals surface area contributed by atoms with Crippen LogP contribution in [0.5, 0.6) is 0 Å². The third-order valence-electron chi connectivity index (χ3n) is 4.03. The molecule has 3 rings (SSSR count). The molecule has 4 N–H and O–H groups in total. The first-order valence-corrected chi connectivity index (χ1v) is 9.73. The van der Waals surface area contributed by atoms with Gasteiger partial charge in [0.1, 0.15) is 4.21 Å². The van der Waals surface area contributed by atoms with Crippen molar-refractivity contribution in [3.05, 3.63) is 47.1 Å². The molecule has 0 bridgehead atoms. The van der Waals surface area contributed by atoms with Crippen LogP contribution in [0.2, 0.25) is 0 Å². The van der Waals surface area contributed by atoms with Gasteiger partial charge in [-0.25, -0.2) is 13.1 Å². The summed E-state index contributed by atoms with van der Waals surface area (Å²) < 4.78 is 28.0. The Hall–Kier alpha value is -1.81. The monoisotopic (exact) mass is 367 g/mol. The van der Waals surface area contributed by atoms with E-state index in [4.69, 9.17) is 5.73 Å². The van der Waals surface area contributed by atoms with Crippen LogP contribution in [0.15, 0.2) is 40.1 Å². The third kappa shape index (κ3) is 3.48. The van der Waals surface area contributed by atoms with Crippen molar-refractivity contribution in [1.82, 2.24) is 9.71 Å². The highest BCUT2D eigenvalue weighted by atomic mass is 32.2. The number of rotatable bonds is 6. The van der Waals surface area contributed by atoms with Gasteiger partial charge in [-0.1, -0.05) is 6.07 Å². The number of carbonyl (C=O) groups excluding carboxylic acids is 1. The molecule has 0 saturated heterocycles. The van der Waals surface area contributed by atoms with Crippen molar-refractivity contribution in [2.45, 2.75) is 29.2 Å². The average Bonchev–Trinajstić information content (AvgIpc) is 3.02. The molecule has 1 aliphatic carbocycles. The number of hydrogen-bond acceptors (Lipinski definition) is 6. The standard InChI is InChI=1S/C15H17N3O4S2/c16-15(20)10-7-13(23-8-10)24(21,22)18-14(9-5-11(19)6-9)12-3-1-2-4-17-12/h1-4,7-9,11,14,18-19H,5-6H2,(H2,16,20)/t9?,11?,14-/m0/s1. The summed E-state index contributed by atoms with van der Waals surface area (Å²) in [6.45, 7) is 0. The summed E-state index contributed by atoms with van der Waals surface area (Å²) in [6.07, 6.45) is 2.22. The van der Waals surface area contributed by atoms with Gasteiger partial charge in [0.15, 0.2) is 0 Å². The molecule has 1 saturated carbocycles. The van der Waals surface area contributed by atoms with Gasteiger partial charge in [-0.2, -0.15) is 0 Å². The van der Waals surface area contributed by atoms with Crippen LogP contribution in [-0.4, -0.2) is 30.5 Å². The molecule has 7 nitrogen and oxygen atoms in total. The molecule has 2 aromatic heterocycles. The molecule has 1 aliphatic rings. The van der Waals surface area contributed by atoms with Crippen LogP contribution in [0.25, 0.3) is 0 Å². The number of pyridine rings is 1. The van der Waals surface area contributed by atoms with E-state index >= 15 is 0 Å². The molecule has 1 amide bonds. The maximum Gasteiger partial charge on any atom is 0.250 e. The summed E-state index contributed by atoms with van der Waals surface area (Å²) in [6, 6.07) is 6.03. The highest BCUT2D eigenvalue weighted by Gasteiger charge is 2.38. The lowest BCUT2D eigenvalue weighted by atomic mass is 9.76. The Morgan fingerprint density at radius 1 is 1.42 bits per heavy atom. The van der Waals surface area contributed by atoms with E-state index in [1.807, 2.05) is 0 Å². The fraction of sp³-hybridized carbons (Fsp3) is 0.333. The number of nitrogens with zero attached hydrogens (tertiary/aromatic N) is 1. The maximum absolute atomic E-state index is 12.6. The number of carbonyl (C=O) groups is 1. The van der Waals surface area contributed by atoms with Crippen LogP contribution >= 0.6 is 11.3 Å². The summed E-state index contributed by atoms with van der Waals surface area (Å²) in [7, 11) is -3.82. The lowest BCUT2D eigenvalue weighted by molar-refractivity contribution is 0.0273. The number of aromatic nitrogens is 1. The van der Waals surface area contributed by atoms with Crippen molar-refractivity contribution in [3.8, 4) is 0 Å². The van der Waals surface area contributed by atoms with E-state index in [1.165, 1.54) is 11.4 Å². The number of thiophene rings is 1. The zero-order chi connectivity index (χ0) is 17.3. The average molecular weight is 367 g/mol. The van der Waals surface area contributed by atoms with E-state index in [1.54, 1.807) is 24.4 Å². The summed E-state index contributed by atoms with van der Waals surface area (Å²) in [5, 5.41) is 11.0. The fourth-order valence-electron chi connectivity index (χ4n) is 2.67. The first-order chi connectivity index (χ1) is 11.4. The minimum Gasteiger partial charge on any atom is -0.393 e. The number of primary amides is 1. The Kier molecular flexibility index (Phi) is 4.68. The molecule has 0 spiro atoms. The first-order valence-electron chi connectivity index (χ1n) is 7.36. The highest BCUT2D eigenvalue weighted by molar-refractivity contribution is 7.91. The van der Waals surface area contributed by atoms with Crippen LogP contribution in [0.4, 0.5) is 0 Å². The lowest BCUT2D eigenvalue weighted by Gasteiger charge is -2.37. The largest absolute Gasteiger partial charge is 0.393 e. The van der Waals surface area contributed by atoms with Crippen molar-refractivity contribution in [1.29, 1.82) is 0 Å². The number of aliphatic hydroxyl groups is 1. The zero-order valence-electron chi connectivity index (χ0n) is 12.6. The Morgan fingerprint density at radius 2 is 2.17 bits per heavy atom. The van der Waals surface area contributed by atoms with E-state index in [2.05, 4.69) is 9.71 Å². The molecule has 1 atom stereocenters. The number of nitrogens with two attached hydrogens (primary N) is 1. The molecule has 128 valence electrons. The molecule has 1 fully saturated rings. The van der Waals surface area contributed by atoms with Gasteiger partial charge in [0.05, 0.1) is 23.4 Å². The minimum atomic E-state index is -3.82. The number of sulfonamides is 1. The van der Waals surface area contributed by atoms with Crippen LogP contribution in [-0.2, 0) is 10.0 Å².